The highest BCUT2D eigenvalue weighted by molar-refractivity contribution is 7.92. The summed E-state index contributed by atoms with van der Waals surface area (Å²) < 4.78 is 33.3. The first-order chi connectivity index (χ1) is 15.9. The monoisotopic (exact) mass is 465 g/mol. The maximum absolute atomic E-state index is 12.6. The Morgan fingerprint density at radius 2 is 1.52 bits per heavy atom. The van der Waals surface area contributed by atoms with Crippen LogP contribution in [0.4, 0.5) is 11.4 Å². The second kappa shape index (κ2) is 9.95. The first kappa shape index (κ1) is 22.7. The van der Waals surface area contributed by atoms with E-state index in [9.17, 15) is 13.2 Å². The largest absolute Gasteiger partial charge is 0.484 e. The molecule has 0 unspecified atom stereocenters. The number of carbonyl (C=O) groups excluding carboxylic acids is 1. The molecule has 0 atom stereocenters. The molecule has 7 nitrogen and oxygen atoms in total. The van der Waals surface area contributed by atoms with Gasteiger partial charge in [0.1, 0.15) is 5.75 Å². The Hall–Kier alpha value is -3.52. The highest BCUT2D eigenvalue weighted by Gasteiger charge is 2.21. The maximum atomic E-state index is 12.6. The number of carbonyl (C=O) groups is 1. The van der Waals surface area contributed by atoms with Crippen LogP contribution in [0.15, 0.2) is 83.8 Å². The number of hydrogen-bond donors (Lipinski definition) is 1. The Balaban J connectivity index is 1.28. The molecule has 3 aromatic rings. The standard InChI is InChI=1S/C25H27N3O4S/c1-20-7-9-21(10-8-20)26-33(30,31)24-13-11-23(12-14-24)32-19-25(29)28-17-15-27(16-18-28)22-5-3-2-4-6-22/h2-14,26H,15-19H2,1H3. The van der Waals surface area contributed by atoms with Crippen molar-refractivity contribution in [1.29, 1.82) is 0 Å². The van der Waals surface area contributed by atoms with Gasteiger partial charge in [0.25, 0.3) is 15.9 Å². The van der Waals surface area contributed by atoms with E-state index in [-0.39, 0.29) is 17.4 Å². The van der Waals surface area contributed by atoms with Crippen molar-refractivity contribution < 1.29 is 17.9 Å². The number of anilines is 2. The van der Waals surface area contributed by atoms with Crippen molar-refractivity contribution in [1.82, 2.24) is 4.90 Å². The smallest absolute Gasteiger partial charge is 0.261 e. The van der Waals surface area contributed by atoms with Crippen molar-refractivity contribution in [2.24, 2.45) is 0 Å². The van der Waals surface area contributed by atoms with Crippen molar-refractivity contribution in [2.75, 3.05) is 42.4 Å². The minimum Gasteiger partial charge on any atom is -0.484 e. The Morgan fingerprint density at radius 1 is 0.879 bits per heavy atom. The third kappa shape index (κ3) is 5.84. The van der Waals surface area contributed by atoms with E-state index in [1.807, 2.05) is 37.3 Å². The summed E-state index contributed by atoms with van der Waals surface area (Å²) in [6.45, 7) is 4.68. The second-order valence-corrected chi connectivity index (χ2v) is 9.62. The average Bonchev–Trinajstić information content (AvgIpc) is 2.85. The van der Waals surface area contributed by atoms with E-state index in [2.05, 4.69) is 21.8 Å². The molecule has 0 spiro atoms. The number of para-hydroxylation sites is 1. The lowest BCUT2D eigenvalue weighted by Gasteiger charge is -2.36. The zero-order chi connectivity index (χ0) is 23.3. The number of hydrogen-bond acceptors (Lipinski definition) is 5. The first-order valence-corrected chi connectivity index (χ1v) is 12.3. The number of rotatable bonds is 7. The maximum Gasteiger partial charge on any atom is 0.261 e. The minimum atomic E-state index is -3.70. The highest BCUT2D eigenvalue weighted by atomic mass is 32.2. The molecule has 1 saturated heterocycles. The van der Waals surface area contributed by atoms with Gasteiger partial charge < -0.3 is 14.5 Å². The van der Waals surface area contributed by atoms with Gasteiger partial charge in [0.2, 0.25) is 0 Å². The topological polar surface area (TPSA) is 78.9 Å². The normalized spacial score (nSPS) is 14.1. The molecule has 0 bridgehead atoms. The fourth-order valence-electron chi connectivity index (χ4n) is 3.64. The van der Waals surface area contributed by atoms with Gasteiger partial charge in [-0.2, -0.15) is 0 Å². The minimum absolute atomic E-state index is 0.0829. The van der Waals surface area contributed by atoms with Crippen molar-refractivity contribution in [3.05, 3.63) is 84.4 Å². The van der Waals surface area contributed by atoms with Crippen LogP contribution >= 0.6 is 0 Å². The van der Waals surface area contributed by atoms with Gasteiger partial charge in [-0.05, 0) is 55.5 Å². The summed E-state index contributed by atoms with van der Waals surface area (Å²) in [5.74, 6) is 0.362. The Bertz CT molecular complexity index is 1170. The summed E-state index contributed by atoms with van der Waals surface area (Å²) in [5.41, 5.74) is 2.71. The number of ether oxygens (including phenoxy) is 1. The van der Waals surface area contributed by atoms with E-state index in [0.29, 0.717) is 24.5 Å². The molecule has 0 aromatic heterocycles. The highest BCUT2D eigenvalue weighted by Crippen LogP contribution is 2.20. The van der Waals surface area contributed by atoms with Gasteiger partial charge in [0.15, 0.2) is 6.61 Å². The van der Waals surface area contributed by atoms with Crippen LogP contribution in [-0.4, -0.2) is 52.0 Å². The van der Waals surface area contributed by atoms with Crippen LogP contribution in [-0.2, 0) is 14.8 Å². The van der Waals surface area contributed by atoms with E-state index >= 15 is 0 Å². The third-order valence-electron chi connectivity index (χ3n) is 5.55. The molecule has 172 valence electrons. The van der Waals surface area contributed by atoms with Crippen LogP contribution in [0, 0.1) is 6.92 Å². The summed E-state index contributed by atoms with van der Waals surface area (Å²) in [5, 5.41) is 0. The van der Waals surface area contributed by atoms with E-state index in [1.54, 1.807) is 29.2 Å². The number of aryl methyl sites for hydroxylation is 1. The predicted molar refractivity (Wildman–Crippen MR) is 129 cm³/mol. The Kier molecular flexibility index (Phi) is 6.84. The molecule has 1 aliphatic heterocycles. The van der Waals surface area contributed by atoms with Crippen LogP contribution < -0.4 is 14.4 Å². The Morgan fingerprint density at radius 3 is 2.15 bits per heavy atom. The quantitative estimate of drug-likeness (QED) is 0.578. The van der Waals surface area contributed by atoms with Crippen LogP contribution in [0.5, 0.6) is 5.75 Å². The van der Waals surface area contributed by atoms with Gasteiger partial charge >= 0.3 is 0 Å². The molecule has 1 heterocycles. The number of amides is 1. The molecule has 1 amide bonds. The summed E-state index contributed by atoms with van der Waals surface area (Å²) in [6, 6.07) is 23.3. The molecule has 0 saturated carbocycles. The van der Waals surface area contributed by atoms with E-state index in [0.717, 1.165) is 24.3 Å². The molecule has 1 N–H and O–H groups in total. The molecule has 33 heavy (non-hydrogen) atoms. The van der Waals surface area contributed by atoms with E-state index in [1.165, 1.54) is 12.1 Å². The number of sulfonamides is 1. The second-order valence-electron chi connectivity index (χ2n) is 7.93. The fourth-order valence-corrected chi connectivity index (χ4v) is 4.70. The fraction of sp³-hybridized carbons (Fsp3) is 0.240. The molecule has 0 aliphatic carbocycles. The number of piperazine rings is 1. The average molecular weight is 466 g/mol. The lowest BCUT2D eigenvalue weighted by molar-refractivity contribution is -0.133. The van der Waals surface area contributed by atoms with E-state index in [4.69, 9.17) is 4.74 Å². The lowest BCUT2D eigenvalue weighted by atomic mass is 10.2. The predicted octanol–water partition coefficient (Wildman–Crippen LogP) is 3.52. The summed E-state index contributed by atoms with van der Waals surface area (Å²) in [7, 11) is -3.70. The number of benzene rings is 3. The van der Waals surface area contributed by atoms with Crippen LogP contribution in [0.1, 0.15) is 5.56 Å². The van der Waals surface area contributed by atoms with E-state index < -0.39 is 10.0 Å². The Labute approximate surface area is 194 Å². The molecular weight excluding hydrogens is 438 g/mol. The molecular formula is C25H27N3O4S. The van der Waals surface area contributed by atoms with Crippen molar-refractivity contribution >= 4 is 27.3 Å². The lowest BCUT2D eigenvalue weighted by Crippen LogP contribution is -2.50. The summed E-state index contributed by atoms with van der Waals surface area (Å²) in [4.78, 5) is 16.7. The van der Waals surface area contributed by atoms with Crippen molar-refractivity contribution in [3.63, 3.8) is 0 Å². The summed E-state index contributed by atoms with van der Waals surface area (Å²) >= 11 is 0. The zero-order valence-electron chi connectivity index (χ0n) is 18.5. The van der Waals surface area contributed by atoms with Gasteiger partial charge in [-0.1, -0.05) is 35.9 Å². The SMILES string of the molecule is Cc1ccc(NS(=O)(=O)c2ccc(OCC(=O)N3CCN(c4ccccc4)CC3)cc2)cc1. The molecule has 8 heteroatoms. The van der Waals surface area contributed by atoms with Gasteiger partial charge in [-0.3, -0.25) is 9.52 Å². The van der Waals surface area contributed by atoms with Gasteiger partial charge in [0, 0.05) is 37.6 Å². The van der Waals surface area contributed by atoms with Crippen molar-refractivity contribution in [3.8, 4) is 5.75 Å². The zero-order valence-corrected chi connectivity index (χ0v) is 19.3. The number of nitrogens with zero attached hydrogens (tertiary/aromatic N) is 2. The van der Waals surface area contributed by atoms with Gasteiger partial charge in [-0.15, -0.1) is 0 Å². The summed E-state index contributed by atoms with van der Waals surface area (Å²) in [6.07, 6.45) is 0. The van der Waals surface area contributed by atoms with Gasteiger partial charge in [0.05, 0.1) is 4.90 Å². The molecule has 1 aliphatic rings. The van der Waals surface area contributed by atoms with Crippen LogP contribution in [0.2, 0.25) is 0 Å². The van der Waals surface area contributed by atoms with Gasteiger partial charge in [-0.25, -0.2) is 8.42 Å². The number of nitrogens with one attached hydrogen (secondary N) is 1. The molecule has 4 rings (SSSR count). The van der Waals surface area contributed by atoms with Crippen LogP contribution in [0.25, 0.3) is 0 Å². The van der Waals surface area contributed by atoms with Crippen molar-refractivity contribution in [2.45, 2.75) is 11.8 Å². The van der Waals surface area contributed by atoms with Crippen LogP contribution in [0.3, 0.4) is 0 Å². The molecule has 0 radical (unpaired) electrons. The molecule has 3 aromatic carbocycles. The first-order valence-electron chi connectivity index (χ1n) is 10.8. The third-order valence-corrected chi connectivity index (χ3v) is 6.95. The molecule has 1 fully saturated rings.